The Morgan fingerprint density at radius 1 is 1.09 bits per heavy atom. The zero-order chi connectivity index (χ0) is 23.6. The van der Waals surface area contributed by atoms with E-state index in [1.54, 1.807) is 6.07 Å². The molecule has 6 heteroatoms. The molecule has 1 fully saturated rings. The quantitative estimate of drug-likeness (QED) is 0.409. The summed E-state index contributed by atoms with van der Waals surface area (Å²) in [6.07, 6.45) is -2.43. The zero-order valence-electron chi connectivity index (χ0n) is 18.5. The van der Waals surface area contributed by atoms with Gasteiger partial charge < -0.3 is 10.4 Å². The van der Waals surface area contributed by atoms with E-state index in [1.165, 1.54) is 28.5 Å². The van der Waals surface area contributed by atoms with Crippen molar-refractivity contribution in [3.8, 4) is 0 Å². The van der Waals surface area contributed by atoms with Crippen molar-refractivity contribution in [3.63, 3.8) is 0 Å². The number of alkyl halides is 3. The lowest BCUT2D eigenvalue weighted by atomic mass is 9.92. The highest BCUT2D eigenvalue weighted by atomic mass is 19.4. The van der Waals surface area contributed by atoms with Gasteiger partial charge in [0.1, 0.15) is 0 Å². The van der Waals surface area contributed by atoms with Gasteiger partial charge in [0.25, 0.3) is 0 Å². The summed E-state index contributed by atoms with van der Waals surface area (Å²) in [5, 5.41) is 14.9. The Bertz CT molecular complexity index is 1140. The van der Waals surface area contributed by atoms with E-state index in [-0.39, 0.29) is 36.4 Å². The smallest absolute Gasteiger partial charge is 0.416 e. The third-order valence-corrected chi connectivity index (χ3v) is 6.73. The lowest BCUT2D eigenvalue weighted by Gasteiger charge is -2.22. The number of aryl methyl sites for hydroxylation is 1. The lowest BCUT2D eigenvalue weighted by molar-refractivity contribution is -0.140. The molecule has 3 aromatic rings. The molecule has 3 nitrogen and oxygen atoms in total. The molecule has 0 saturated heterocycles. The van der Waals surface area contributed by atoms with Gasteiger partial charge in [0, 0.05) is 18.5 Å². The first kappa shape index (κ1) is 23.3. The molecule has 3 aromatic carbocycles. The van der Waals surface area contributed by atoms with E-state index in [0.717, 1.165) is 19.3 Å². The van der Waals surface area contributed by atoms with Crippen LogP contribution in [0, 0.1) is 0 Å². The van der Waals surface area contributed by atoms with E-state index in [2.05, 4.69) is 42.6 Å². The van der Waals surface area contributed by atoms with E-state index >= 15 is 0 Å². The molecular formula is C27H28F3NO2. The molecule has 33 heavy (non-hydrogen) atoms. The van der Waals surface area contributed by atoms with Gasteiger partial charge in [-0.3, -0.25) is 4.79 Å². The van der Waals surface area contributed by atoms with Crippen molar-refractivity contribution in [1.82, 2.24) is 5.32 Å². The molecule has 0 heterocycles. The zero-order valence-corrected chi connectivity index (χ0v) is 18.5. The molecule has 2 N–H and O–H groups in total. The molecule has 1 unspecified atom stereocenters. The summed E-state index contributed by atoms with van der Waals surface area (Å²) in [6.45, 7) is 2.13. The number of carboxylic acid groups (broad SMARTS) is 1. The van der Waals surface area contributed by atoms with E-state index in [4.69, 9.17) is 5.11 Å². The van der Waals surface area contributed by atoms with Gasteiger partial charge in [-0.15, -0.1) is 0 Å². The molecule has 0 bridgehead atoms. The second-order valence-electron chi connectivity index (χ2n) is 8.97. The van der Waals surface area contributed by atoms with Gasteiger partial charge in [0.2, 0.25) is 0 Å². The third-order valence-electron chi connectivity index (χ3n) is 6.73. The van der Waals surface area contributed by atoms with Gasteiger partial charge in [0.05, 0.1) is 5.56 Å². The highest BCUT2D eigenvalue weighted by Gasteiger charge is 2.35. The van der Waals surface area contributed by atoms with E-state index in [9.17, 15) is 18.0 Å². The number of carbonyl (C=O) groups is 1. The van der Waals surface area contributed by atoms with Crippen molar-refractivity contribution in [2.75, 3.05) is 0 Å². The van der Waals surface area contributed by atoms with Crippen LogP contribution in [0.1, 0.15) is 66.8 Å². The van der Waals surface area contributed by atoms with Crippen molar-refractivity contribution < 1.29 is 23.1 Å². The van der Waals surface area contributed by atoms with Crippen molar-refractivity contribution in [3.05, 3.63) is 82.9 Å². The minimum atomic E-state index is -4.50. The second-order valence-corrected chi connectivity index (χ2v) is 8.97. The highest BCUT2D eigenvalue weighted by molar-refractivity contribution is 5.86. The Morgan fingerprint density at radius 3 is 2.61 bits per heavy atom. The van der Waals surface area contributed by atoms with Crippen LogP contribution in [0.3, 0.4) is 0 Å². The molecule has 174 valence electrons. The van der Waals surface area contributed by atoms with Crippen LogP contribution >= 0.6 is 0 Å². The lowest BCUT2D eigenvalue weighted by Crippen LogP contribution is -2.29. The Morgan fingerprint density at radius 2 is 1.85 bits per heavy atom. The fraction of sp³-hybridized carbons (Fsp3) is 0.370. The number of halogens is 3. The maximum Gasteiger partial charge on any atom is 0.416 e. The van der Waals surface area contributed by atoms with Crippen molar-refractivity contribution in [2.45, 2.75) is 63.2 Å². The van der Waals surface area contributed by atoms with Crippen LogP contribution in [-0.2, 0) is 17.4 Å². The van der Waals surface area contributed by atoms with E-state index in [0.29, 0.717) is 5.56 Å². The van der Waals surface area contributed by atoms with Gasteiger partial charge in [0.15, 0.2) is 0 Å². The molecule has 0 amide bonds. The largest absolute Gasteiger partial charge is 0.481 e. The van der Waals surface area contributed by atoms with Gasteiger partial charge >= 0.3 is 12.1 Å². The summed E-state index contributed by atoms with van der Waals surface area (Å²) in [4.78, 5) is 10.8. The Kier molecular flexibility index (Phi) is 6.75. The average molecular weight is 456 g/mol. The van der Waals surface area contributed by atoms with Crippen molar-refractivity contribution >= 4 is 16.7 Å². The van der Waals surface area contributed by atoms with Gasteiger partial charge in [-0.25, -0.2) is 0 Å². The average Bonchev–Trinajstić information content (AvgIpc) is 3.25. The molecule has 4 rings (SSSR count). The number of nitrogens with one attached hydrogen (secondary N) is 1. The monoisotopic (exact) mass is 455 g/mol. The second kappa shape index (κ2) is 9.56. The summed E-state index contributed by atoms with van der Waals surface area (Å²) < 4.78 is 40.9. The summed E-state index contributed by atoms with van der Waals surface area (Å²) in [5.41, 5.74) is 1.25. The third kappa shape index (κ3) is 5.38. The predicted molar refractivity (Wildman–Crippen MR) is 123 cm³/mol. The van der Waals surface area contributed by atoms with Gasteiger partial charge in [-0.2, -0.15) is 13.2 Å². The van der Waals surface area contributed by atoms with E-state index in [1.807, 2.05) is 12.1 Å². The highest BCUT2D eigenvalue weighted by Crippen LogP contribution is 2.40. The maximum atomic E-state index is 13.6. The number of benzene rings is 3. The first-order valence-corrected chi connectivity index (χ1v) is 11.4. The Balaban J connectivity index is 1.47. The minimum absolute atomic E-state index is 0.0471. The van der Waals surface area contributed by atoms with Gasteiger partial charge in [-0.05, 0) is 72.1 Å². The molecule has 3 atom stereocenters. The molecular weight excluding hydrogens is 427 g/mol. The normalized spacial score (nSPS) is 19.6. The number of hydrogen-bond donors (Lipinski definition) is 2. The summed E-state index contributed by atoms with van der Waals surface area (Å²) in [5.74, 6) is -1.05. The molecule has 1 aliphatic rings. The minimum Gasteiger partial charge on any atom is -0.481 e. The summed E-state index contributed by atoms with van der Waals surface area (Å²) in [7, 11) is 0. The Hall–Kier alpha value is -2.86. The molecule has 0 spiro atoms. The SMILES string of the molecule is C[C@@H](N[C@H]1CCC(c2ccc(CCC(=O)O)c(C(F)(F)F)c2)C1)c1cccc2ccccc12. The van der Waals surface area contributed by atoms with Crippen LogP contribution in [0.2, 0.25) is 0 Å². The number of fused-ring (bicyclic) bond motifs is 1. The van der Waals surface area contributed by atoms with Crippen LogP contribution < -0.4 is 5.32 Å². The number of rotatable bonds is 7. The maximum absolute atomic E-state index is 13.6. The predicted octanol–water partition coefficient (Wildman–Crippen LogP) is 6.86. The van der Waals surface area contributed by atoms with Crippen LogP contribution in [0.5, 0.6) is 0 Å². The fourth-order valence-electron chi connectivity index (χ4n) is 5.08. The van der Waals surface area contributed by atoms with Crippen molar-refractivity contribution in [1.29, 1.82) is 0 Å². The summed E-state index contributed by atoms with van der Waals surface area (Å²) in [6, 6.07) is 19.3. The topological polar surface area (TPSA) is 49.3 Å². The molecule has 1 aliphatic carbocycles. The molecule has 1 saturated carbocycles. The van der Waals surface area contributed by atoms with Crippen LogP contribution in [0.25, 0.3) is 10.8 Å². The van der Waals surface area contributed by atoms with Crippen molar-refractivity contribution in [2.24, 2.45) is 0 Å². The standard InChI is InChI=1S/C27H28F3NO2/c1-17(23-8-4-6-18-5-2-3-7-24(18)23)31-22-13-11-20(15-22)21-10-9-19(12-14-26(32)33)25(16-21)27(28,29)30/h2-10,16-17,20,22,31H,11-15H2,1H3,(H,32,33)/t17-,20?,22+/m1/s1. The Labute approximate surface area is 191 Å². The van der Waals surface area contributed by atoms with Crippen LogP contribution in [-0.4, -0.2) is 17.1 Å². The fourth-order valence-corrected chi connectivity index (χ4v) is 5.08. The molecule has 0 radical (unpaired) electrons. The van der Waals surface area contributed by atoms with Gasteiger partial charge in [-0.1, -0.05) is 54.6 Å². The number of aliphatic carboxylic acids is 1. The molecule has 0 aliphatic heterocycles. The van der Waals surface area contributed by atoms with Crippen LogP contribution in [0.15, 0.2) is 60.7 Å². The van der Waals surface area contributed by atoms with E-state index < -0.39 is 17.7 Å². The molecule has 0 aromatic heterocycles. The number of carboxylic acids is 1. The number of hydrogen-bond acceptors (Lipinski definition) is 2. The first-order valence-electron chi connectivity index (χ1n) is 11.4. The summed E-state index contributed by atoms with van der Waals surface area (Å²) >= 11 is 0. The first-order chi connectivity index (χ1) is 15.7. The van der Waals surface area contributed by atoms with Crippen LogP contribution in [0.4, 0.5) is 13.2 Å².